The van der Waals surface area contributed by atoms with Gasteiger partial charge in [-0.2, -0.15) is 0 Å². The first-order valence-corrected chi connectivity index (χ1v) is 22.1. The fourth-order valence-corrected chi connectivity index (χ4v) is 6.79. The van der Waals surface area contributed by atoms with Gasteiger partial charge in [0.05, 0.1) is 6.61 Å². The number of hydrogen-bond donors (Lipinski definition) is 1. The van der Waals surface area contributed by atoms with Crippen molar-refractivity contribution >= 4 is 11.9 Å². The van der Waals surface area contributed by atoms with E-state index in [1.807, 2.05) is 0 Å². The third-order valence-corrected chi connectivity index (χ3v) is 10.2. The van der Waals surface area contributed by atoms with Gasteiger partial charge in [0.25, 0.3) is 0 Å². The Bertz CT molecular complexity index is 666. The van der Waals surface area contributed by atoms with E-state index in [1.165, 1.54) is 193 Å². The largest absolute Gasteiger partial charge is 0.462 e. The predicted octanol–water partition coefficient (Wildman–Crippen LogP) is 13.9. The van der Waals surface area contributed by atoms with Crippen LogP contribution in [0.1, 0.15) is 251 Å². The summed E-state index contributed by atoms with van der Waals surface area (Å²) >= 11 is 0. The molecule has 0 aromatic carbocycles. The third-order valence-electron chi connectivity index (χ3n) is 10.2. The van der Waals surface area contributed by atoms with Gasteiger partial charge in [-0.15, -0.1) is 0 Å². The molecule has 0 aliphatic carbocycles. The Hall–Kier alpha value is -1.10. The molecule has 1 atom stereocenters. The molecule has 0 saturated carbocycles. The van der Waals surface area contributed by atoms with Gasteiger partial charge < -0.3 is 14.6 Å². The number of carbonyl (C=O) groups is 2. The summed E-state index contributed by atoms with van der Waals surface area (Å²) in [6, 6.07) is 0. The monoisotopic (exact) mass is 695 g/mol. The highest BCUT2D eigenvalue weighted by molar-refractivity contribution is 5.70. The first-order chi connectivity index (χ1) is 24.1. The Kier molecular flexibility index (Phi) is 40.4. The summed E-state index contributed by atoms with van der Waals surface area (Å²) in [6.07, 6.45) is 46.0. The summed E-state index contributed by atoms with van der Waals surface area (Å²) < 4.78 is 10.6. The van der Waals surface area contributed by atoms with E-state index in [0.29, 0.717) is 12.8 Å². The molecule has 5 nitrogen and oxygen atoms in total. The van der Waals surface area contributed by atoms with E-state index in [4.69, 9.17) is 9.47 Å². The molecule has 0 aromatic rings. The zero-order chi connectivity index (χ0) is 35.7. The van der Waals surface area contributed by atoms with Crippen LogP contribution in [0.15, 0.2) is 0 Å². The van der Waals surface area contributed by atoms with Crippen LogP contribution < -0.4 is 0 Å². The van der Waals surface area contributed by atoms with Crippen molar-refractivity contribution in [2.45, 2.75) is 258 Å². The number of ether oxygens (including phenoxy) is 2. The van der Waals surface area contributed by atoms with E-state index >= 15 is 0 Å². The van der Waals surface area contributed by atoms with Gasteiger partial charge in [0.1, 0.15) is 6.61 Å². The van der Waals surface area contributed by atoms with Crippen molar-refractivity contribution in [3.8, 4) is 0 Å². The van der Waals surface area contributed by atoms with Gasteiger partial charge in [0.2, 0.25) is 0 Å². The number of aliphatic hydroxyl groups excluding tert-OH is 1. The van der Waals surface area contributed by atoms with E-state index in [9.17, 15) is 14.7 Å². The van der Waals surface area contributed by atoms with Crippen LogP contribution >= 0.6 is 0 Å². The number of unbranched alkanes of at least 4 members (excludes halogenated alkanes) is 33. The fourth-order valence-electron chi connectivity index (χ4n) is 6.79. The zero-order valence-corrected chi connectivity index (χ0v) is 33.2. The predicted molar refractivity (Wildman–Crippen MR) is 210 cm³/mol. The highest BCUT2D eigenvalue weighted by atomic mass is 16.6. The normalized spacial score (nSPS) is 12.0. The first-order valence-electron chi connectivity index (χ1n) is 22.1. The maximum absolute atomic E-state index is 12.2. The SMILES string of the molecule is CCCCCCCCCCCCCCCCCCCCCC(=O)OC(CO)COC(=O)CCCCCCCCCCCCCCCCCC. The first kappa shape index (κ1) is 47.9. The quantitative estimate of drug-likeness (QED) is 0.0509. The lowest BCUT2D eigenvalue weighted by Crippen LogP contribution is -2.28. The lowest BCUT2D eigenvalue weighted by Gasteiger charge is -2.15. The Morgan fingerprint density at radius 2 is 0.633 bits per heavy atom. The second-order valence-corrected chi connectivity index (χ2v) is 15.1. The van der Waals surface area contributed by atoms with Crippen LogP contribution in [0.25, 0.3) is 0 Å². The van der Waals surface area contributed by atoms with Crippen LogP contribution in [0.5, 0.6) is 0 Å². The fraction of sp³-hybridized carbons (Fsp3) is 0.955. The maximum Gasteiger partial charge on any atom is 0.306 e. The molecule has 0 spiro atoms. The summed E-state index contributed by atoms with van der Waals surface area (Å²) in [4.78, 5) is 24.3. The number of esters is 2. The minimum Gasteiger partial charge on any atom is -0.462 e. The summed E-state index contributed by atoms with van der Waals surface area (Å²) in [7, 11) is 0. The van der Waals surface area contributed by atoms with E-state index in [1.54, 1.807) is 0 Å². The van der Waals surface area contributed by atoms with E-state index in [-0.39, 0.29) is 25.2 Å². The molecular formula is C44H86O5. The van der Waals surface area contributed by atoms with Crippen molar-refractivity contribution in [1.29, 1.82) is 0 Å². The van der Waals surface area contributed by atoms with Gasteiger partial charge in [-0.25, -0.2) is 0 Å². The topological polar surface area (TPSA) is 72.8 Å². The van der Waals surface area contributed by atoms with E-state index in [0.717, 1.165) is 32.1 Å². The molecule has 0 aromatic heterocycles. The molecular weight excluding hydrogens is 608 g/mol. The average Bonchev–Trinajstić information content (AvgIpc) is 3.10. The van der Waals surface area contributed by atoms with Crippen molar-refractivity contribution in [3.05, 3.63) is 0 Å². The molecule has 1 unspecified atom stereocenters. The molecule has 0 heterocycles. The van der Waals surface area contributed by atoms with Gasteiger partial charge in [0.15, 0.2) is 6.10 Å². The molecule has 0 aliphatic rings. The van der Waals surface area contributed by atoms with Crippen molar-refractivity contribution in [2.75, 3.05) is 13.2 Å². The molecule has 0 amide bonds. The molecule has 49 heavy (non-hydrogen) atoms. The molecule has 0 radical (unpaired) electrons. The summed E-state index contributed by atoms with van der Waals surface area (Å²) in [5.74, 6) is -0.571. The lowest BCUT2D eigenvalue weighted by atomic mass is 10.0. The van der Waals surface area contributed by atoms with Crippen molar-refractivity contribution in [2.24, 2.45) is 0 Å². The number of hydrogen-bond acceptors (Lipinski definition) is 5. The minimum absolute atomic E-state index is 0.0564. The van der Waals surface area contributed by atoms with Crippen molar-refractivity contribution in [1.82, 2.24) is 0 Å². The molecule has 1 N–H and O–H groups in total. The van der Waals surface area contributed by atoms with Crippen LogP contribution in [0.4, 0.5) is 0 Å². The van der Waals surface area contributed by atoms with E-state index in [2.05, 4.69) is 13.8 Å². The minimum atomic E-state index is -0.762. The smallest absolute Gasteiger partial charge is 0.306 e. The highest BCUT2D eigenvalue weighted by Crippen LogP contribution is 2.16. The number of carbonyl (C=O) groups excluding carboxylic acids is 2. The van der Waals surface area contributed by atoms with Gasteiger partial charge in [0, 0.05) is 12.8 Å². The van der Waals surface area contributed by atoms with Crippen molar-refractivity contribution < 1.29 is 24.2 Å². The maximum atomic E-state index is 12.2. The molecule has 0 fully saturated rings. The van der Waals surface area contributed by atoms with Crippen LogP contribution in [0, 0.1) is 0 Å². The van der Waals surface area contributed by atoms with Gasteiger partial charge in [-0.3, -0.25) is 9.59 Å². The van der Waals surface area contributed by atoms with Crippen LogP contribution in [0.3, 0.4) is 0 Å². The van der Waals surface area contributed by atoms with Gasteiger partial charge in [-0.05, 0) is 12.8 Å². The Balaban J connectivity index is 3.46. The van der Waals surface area contributed by atoms with Crippen LogP contribution in [-0.4, -0.2) is 36.4 Å². The summed E-state index contributed by atoms with van der Waals surface area (Å²) in [5, 5.41) is 9.58. The molecule has 0 bridgehead atoms. The highest BCUT2D eigenvalue weighted by Gasteiger charge is 2.16. The third kappa shape index (κ3) is 39.5. The molecule has 0 aliphatic heterocycles. The lowest BCUT2D eigenvalue weighted by molar-refractivity contribution is -0.161. The van der Waals surface area contributed by atoms with Gasteiger partial charge in [-0.1, -0.05) is 226 Å². The van der Waals surface area contributed by atoms with Crippen LogP contribution in [0.2, 0.25) is 0 Å². The molecule has 0 rings (SSSR count). The second kappa shape index (κ2) is 41.3. The van der Waals surface area contributed by atoms with Crippen LogP contribution in [-0.2, 0) is 19.1 Å². The Labute approximate surface area is 306 Å². The Morgan fingerprint density at radius 1 is 0.388 bits per heavy atom. The van der Waals surface area contributed by atoms with E-state index < -0.39 is 6.10 Å². The number of rotatable bonds is 41. The summed E-state index contributed by atoms with van der Waals surface area (Å²) in [6.45, 7) is 4.18. The number of aliphatic hydroxyl groups is 1. The zero-order valence-electron chi connectivity index (χ0n) is 33.2. The van der Waals surface area contributed by atoms with Gasteiger partial charge >= 0.3 is 11.9 Å². The molecule has 0 saturated heterocycles. The Morgan fingerprint density at radius 3 is 0.898 bits per heavy atom. The second-order valence-electron chi connectivity index (χ2n) is 15.1. The molecule has 5 heteroatoms. The van der Waals surface area contributed by atoms with Crippen molar-refractivity contribution in [3.63, 3.8) is 0 Å². The standard InChI is InChI=1S/C44H86O5/c1-3-5-7-9-11-13-15-17-19-21-22-23-25-27-29-31-33-35-37-39-44(47)49-42(40-45)41-48-43(46)38-36-34-32-30-28-26-24-20-18-16-14-12-10-8-6-4-2/h42,45H,3-41H2,1-2H3. The average molecular weight is 695 g/mol. The summed E-state index contributed by atoms with van der Waals surface area (Å²) in [5.41, 5.74) is 0. The molecule has 292 valence electrons.